The minimum absolute atomic E-state index is 0.0203. The van der Waals surface area contributed by atoms with Gasteiger partial charge >= 0.3 is 0 Å². The summed E-state index contributed by atoms with van der Waals surface area (Å²) in [6, 6.07) is 2.97. The molecule has 126 valence electrons. The number of hydrogen-bond donors (Lipinski definition) is 2. The van der Waals surface area contributed by atoms with Crippen molar-refractivity contribution in [3.8, 4) is 11.4 Å². The molecule has 0 saturated carbocycles. The number of rotatable bonds is 2. The van der Waals surface area contributed by atoms with Gasteiger partial charge in [0.2, 0.25) is 5.95 Å². The van der Waals surface area contributed by atoms with Crippen molar-refractivity contribution in [3.63, 3.8) is 0 Å². The van der Waals surface area contributed by atoms with Crippen LogP contribution in [0.1, 0.15) is 0 Å². The number of aromatic nitrogens is 3. The van der Waals surface area contributed by atoms with Gasteiger partial charge in [0.25, 0.3) is 5.56 Å². The van der Waals surface area contributed by atoms with E-state index in [1.165, 1.54) is 12.3 Å². The zero-order valence-corrected chi connectivity index (χ0v) is 13.4. The molecule has 2 aromatic rings. The number of hydrogen-bond acceptors (Lipinski definition) is 6. The van der Waals surface area contributed by atoms with Gasteiger partial charge < -0.3 is 19.9 Å². The summed E-state index contributed by atoms with van der Waals surface area (Å²) >= 11 is 6.17. The van der Waals surface area contributed by atoms with E-state index in [1.54, 1.807) is 6.07 Å². The van der Waals surface area contributed by atoms with Crippen LogP contribution < -0.4 is 15.8 Å². The van der Waals surface area contributed by atoms with Crippen LogP contribution in [-0.4, -0.2) is 53.3 Å². The molecule has 0 aliphatic carbocycles. The summed E-state index contributed by atoms with van der Waals surface area (Å²) < 4.78 is 19.1. The van der Waals surface area contributed by atoms with E-state index in [4.69, 9.17) is 16.3 Å². The molecular weight excluding hydrogens is 337 g/mol. The fraction of sp³-hybridized carbons (Fsp3) is 0.400. The van der Waals surface area contributed by atoms with E-state index >= 15 is 0 Å². The van der Waals surface area contributed by atoms with Crippen LogP contribution in [0.3, 0.4) is 0 Å². The highest BCUT2D eigenvalue weighted by atomic mass is 35.5. The first-order chi connectivity index (χ1) is 11.6. The van der Waals surface area contributed by atoms with Gasteiger partial charge in [-0.25, -0.2) is 9.97 Å². The number of fused-ring (bicyclic) bond motifs is 1. The lowest BCUT2D eigenvalue weighted by atomic mass is 10.2. The number of nitrogens with zero attached hydrogens (tertiary/aromatic N) is 3. The van der Waals surface area contributed by atoms with Crippen LogP contribution in [0.2, 0.25) is 5.02 Å². The highest BCUT2D eigenvalue weighted by Crippen LogP contribution is 2.28. The second-order valence-corrected chi connectivity index (χ2v) is 6.17. The van der Waals surface area contributed by atoms with Crippen LogP contribution in [0, 0.1) is 5.95 Å². The molecule has 0 bridgehead atoms. The van der Waals surface area contributed by atoms with Crippen LogP contribution >= 0.6 is 11.6 Å². The average Bonchev–Trinajstić information content (AvgIpc) is 3.01. The Labute approximate surface area is 141 Å². The van der Waals surface area contributed by atoms with Gasteiger partial charge in [0.05, 0.1) is 18.8 Å². The van der Waals surface area contributed by atoms with E-state index in [9.17, 15) is 9.18 Å². The SMILES string of the molecule is O=c1[nH]c(-c2ccnc(F)c2)nc(N2C[C@@H]3NCCO[C@H]3C2)c1Cl. The molecule has 7 nitrogen and oxygen atoms in total. The van der Waals surface area contributed by atoms with Crippen molar-refractivity contribution in [1.82, 2.24) is 20.3 Å². The quantitative estimate of drug-likeness (QED) is 0.779. The molecule has 24 heavy (non-hydrogen) atoms. The number of aromatic amines is 1. The van der Waals surface area contributed by atoms with Gasteiger partial charge in [-0.05, 0) is 6.07 Å². The van der Waals surface area contributed by atoms with Crippen LogP contribution in [0.15, 0.2) is 23.1 Å². The molecule has 0 amide bonds. The Kier molecular flexibility index (Phi) is 3.95. The molecule has 4 heterocycles. The molecule has 0 aromatic carbocycles. The summed E-state index contributed by atoms with van der Waals surface area (Å²) in [7, 11) is 0. The molecule has 0 radical (unpaired) electrons. The molecule has 9 heteroatoms. The third kappa shape index (κ3) is 2.77. The number of pyridine rings is 1. The normalized spacial score (nSPS) is 23.3. The van der Waals surface area contributed by atoms with E-state index in [2.05, 4.69) is 20.3 Å². The number of morpholine rings is 1. The van der Waals surface area contributed by atoms with E-state index in [-0.39, 0.29) is 23.0 Å². The van der Waals surface area contributed by atoms with E-state index in [0.29, 0.717) is 31.1 Å². The van der Waals surface area contributed by atoms with Gasteiger partial charge in [0.1, 0.15) is 10.8 Å². The summed E-state index contributed by atoms with van der Waals surface area (Å²) in [6.07, 6.45) is 1.36. The molecule has 2 aromatic heterocycles. The second kappa shape index (κ2) is 6.12. The molecule has 2 saturated heterocycles. The second-order valence-electron chi connectivity index (χ2n) is 5.79. The van der Waals surface area contributed by atoms with Gasteiger partial charge in [0.15, 0.2) is 5.82 Å². The first kappa shape index (κ1) is 15.5. The number of ether oxygens (including phenoxy) is 1. The van der Waals surface area contributed by atoms with E-state index in [1.807, 2.05) is 4.90 Å². The third-order valence-corrected chi connectivity index (χ3v) is 4.59. The maximum Gasteiger partial charge on any atom is 0.272 e. The number of nitrogens with one attached hydrogen (secondary N) is 2. The molecule has 2 aliphatic heterocycles. The first-order valence-electron chi connectivity index (χ1n) is 7.63. The summed E-state index contributed by atoms with van der Waals surface area (Å²) in [5.74, 6) is -0.00618. The summed E-state index contributed by atoms with van der Waals surface area (Å²) in [5.41, 5.74) is -0.0267. The highest BCUT2D eigenvalue weighted by molar-refractivity contribution is 6.32. The Morgan fingerprint density at radius 3 is 3.08 bits per heavy atom. The van der Waals surface area contributed by atoms with Crippen LogP contribution in [-0.2, 0) is 4.74 Å². The molecule has 2 aliphatic rings. The van der Waals surface area contributed by atoms with Crippen molar-refractivity contribution in [1.29, 1.82) is 0 Å². The predicted molar refractivity (Wildman–Crippen MR) is 86.8 cm³/mol. The Morgan fingerprint density at radius 1 is 1.42 bits per heavy atom. The zero-order valence-electron chi connectivity index (χ0n) is 12.6. The Hall–Kier alpha value is -2.03. The first-order valence-corrected chi connectivity index (χ1v) is 8.01. The summed E-state index contributed by atoms with van der Waals surface area (Å²) in [4.78, 5) is 24.6. The van der Waals surface area contributed by atoms with Crippen LogP contribution in [0.5, 0.6) is 0 Å². The van der Waals surface area contributed by atoms with E-state index in [0.717, 1.165) is 6.54 Å². The molecule has 0 spiro atoms. The van der Waals surface area contributed by atoms with Crippen LogP contribution in [0.4, 0.5) is 10.2 Å². The number of halogens is 2. The molecule has 2 atom stereocenters. The maximum atomic E-state index is 13.3. The monoisotopic (exact) mass is 351 g/mol. The van der Waals surface area contributed by atoms with Gasteiger partial charge in [-0.1, -0.05) is 11.6 Å². The molecule has 2 N–H and O–H groups in total. The average molecular weight is 352 g/mol. The molecular formula is C15H15ClFN5O2. The zero-order chi connectivity index (χ0) is 16.7. The largest absolute Gasteiger partial charge is 0.373 e. The number of anilines is 1. The molecule has 2 fully saturated rings. The van der Waals surface area contributed by atoms with Crippen molar-refractivity contribution in [3.05, 3.63) is 39.7 Å². The third-order valence-electron chi connectivity index (χ3n) is 4.25. The van der Waals surface area contributed by atoms with Gasteiger partial charge in [0, 0.05) is 37.5 Å². The minimum Gasteiger partial charge on any atom is -0.373 e. The lowest BCUT2D eigenvalue weighted by Crippen LogP contribution is -2.47. The lowest BCUT2D eigenvalue weighted by Gasteiger charge is -2.25. The maximum absolute atomic E-state index is 13.3. The standard InChI is InChI=1S/C15H15ClFN5O2/c16-12-14(22-6-9-10(7-22)24-4-3-18-9)20-13(21-15(12)23)8-1-2-19-11(17)5-8/h1-2,5,9-10,18H,3-4,6-7H2,(H,20,21,23)/t9-,10-/m0/s1. The van der Waals surface area contributed by atoms with Crippen molar-refractivity contribution in [2.45, 2.75) is 12.1 Å². The van der Waals surface area contributed by atoms with Crippen LogP contribution in [0.25, 0.3) is 11.4 Å². The van der Waals surface area contributed by atoms with Crippen molar-refractivity contribution < 1.29 is 9.13 Å². The van der Waals surface area contributed by atoms with Crippen molar-refractivity contribution in [2.75, 3.05) is 31.1 Å². The smallest absolute Gasteiger partial charge is 0.272 e. The summed E-state index contributed by atoms with van der Waals surface area (Å²) in [5, 5.41) is 3.41. The van der Waals surface area contributed by atoms with Gasteiger partial charge in [-0.15, -0.1) is 0 Å². The Morgan fingerprint density at radius 2 is 2.29 bits per heavy atom. The minimum atomic E-state index is -0.642. The molecule has 0 unspecified atom stereocenters. The predicted octanol–water partition coefficient (Wildman–Crippen LogP) is 0.801. The fourth-order valence-electron chi connectivity index (χ4n) is 3.11. The van der Waals surface area contributed by atoms with Gasteiger partial charge in [-0.3, -0.25) is 4.79 Å². The Balaban J connectivity index is 1.72. The highest BCUT2D eigenvalue weighted by Gasteiger charge is 2.37. The van der Waals surface area contributed by atoms with Crippen molar-refractivity contribution >= 4 is 17.4 Å². The lowest BCUT2D eigenvalue weighted by molar-refractivity contribution is 0.0212. The number of H-pyrrole nitrogens is 1. The topological polar surface area (TPSA) is 83.1 Å². The van der Waals surface area contributed by atoms with Crippen molar-refractivity contribution in [2.24, 2.45) is 0 Å². The Bertz CT molecular complexity index is 816. The fourth-order valence-corrected chi connectivity index (χ4v) is 3.32. The van der Waals surface area contributed by atoms with Gasteiger partial charge in [-0.2, -0.15) is 4.39 Å². The molecule has 4 rings (SSSR count). The summed E-state index contributed by atoms with van der Waals surface area (Å²) in [6.45, 7) is 2.70. The van der Waals surface area contributed by atoms with E-state index < -0.39 is 11.5 Å².